The number of benzene rings is 2. The summed E-state index contributed by atoms with van der Waals surface area (Å²) in [5.41, 5.74) is 4.28. The average Bonchev–Trinajstić information content (AvgIpc) is 2.65. The second kappa shape index (κ2) is 8.53. The number of aliphatic hydroxyl groups excluding tert-OH is 1. The molecule has 0 fully saturated rings. The molecule has 2 N–H and O–H groups in total. The maximum absolute atomic E-state index is 12.6. The van der Waals surface area contributed by atoms with Crippen molar-refractivity contribution in [3.05, 3.63) is 87.7 Å². The lowest BCUT2D eigenvalue weighted by Gasteiger charge is -2.17. The van der Waals surface area contributed by atoms with E-state index < -0.39 is 6.04 Å². The summed E-state index contributed by atoms with van der Waals surface area (Å²) in [6.07, 6.45) is 3.54. The molecule has 3 aromatic rings. The highest BCUT2D eigenvalue weighted by atomic mass is 35.5. The van der Waals surface area contributed by atoms with E-state index >= 15 is 0 Å². The highest BCUT2D eigenvalue weighted by Gasteiger charge is 2.16. The Labute approximate surface area is 167 Å². The molecule has 0 spiro atoms. The SMILES string of the molecule is Cc1cnccc1-c1ccc(C(=O)NC(CO)c2cc(Cl)cc(Cl)c2)cc1. The molecule has 1 amide bonds. The molecule has 27 heavy (non-hydrogen) atoms. The van der Waals surface area contributed by atoms with Gasteiger partial charge < -0.3 is 10.4 Å². The molecule has 0 aliphatic rings. The second-order valence-corrected chi connectivity index (χ2v) is 7.05. The van der Waals surface area contributed by atoms with E-state index in [2.05, 4.69) is 10.3 Å². The second-order valence-electron chi connectivity index (χ2n) is 6.18. The molecule has 0 aliphatic carbocycles. The number of hydrogen-bond acceptors (Lipinski definition) is 3. The highest BCUT2D eigenvalue weighted by molar-refractivity contribution is 6.34. The Kier molecular flexibility index (Phi) is 6.11. The Bertz CT molecular complexity index is 938. The highest BCUT2D eigenvalue weighted by Crippen LogP contribution is 2.25. The van der Waals surface area contributed by atoms with Crippen molar-refractivity contribution in [2.24, 2.45) is 0 Å². The quantitative estimate of drug-likeness (QED) is 0.644. The Balaban J connectivity index is 1.78. The minimum absolute atomic E-state index is 0.267. The van der Waals surface area contributed by atoms with Gasteiger partial charge in [-0.3, -0.25) is 9.78 Å². The first-order valence-electron chi connectivity index (χ1n) is 8.36. The molecule has 138 valence electrons. The summed E-state index contributed by atoms with van der Waals surface area (Å²) in [6, 6.07) is 13.6. The third-order valence-electron chi connectivity index (χ3n) is 4.25. The van der Waals surface area contributed by atoms with Crippen LogP contribution in [0.3, 0.4) is 0 Å². The Morgan fingerprint density at radius 1 is 1.11 bits per heavy atom. The zero-order chi connectivity index (χ0) is 19.4. The van der Waals surface area contributed by atoms with E-state index in [4.69, 9.17) is 23.2 Å². The van der Waals surface area contributed by atoms with Gasteiger partial charge in [0.05, 0.1) is 12.6 Å². The minimum Gasteiger partial charge on any atom is -0.394 e. The standard InChI is InChI=1S/C21H18Cl2N2O2/c1-13-11-24-7-6-19(13)14-2-4-15(5-3-14)21(27)25-20(12-26)16-8-17(22)10-18(23)9-16/h2-11,20,26H,12H2,1H3,(H,25,27). The topological polar surface area (TPSA) is 62.2 Å². The molecule has 0 aliphatic heterocycles. The van der Waals surface area contributed by atoms with Crippen LogP contribution in [0.4, 0.5) is 0 Å². The van der Waals surface area contributed by atoms with Gasteiger partial charge in [-0.1, -0.05) is 35.3 Å². The van der Waals surface area contributed by atoms with Crippen molar-refractivity contribution in [1.29, 1.82) is 0 Å². The number of pyridine rings is 1. The van der Waals surface area contributed by atoms with Crippen LogP contribution in [-0.2, 0) is 0 Å². The third kappa shape index (κ3) is 4.66. The molecule has 0 bridgehead atoms. The number of hydrogen-bond donors (Lipinski definition) is 2. The van der Waals surface area contributed by atoms with Crippen LogP contribution in [0, 0.1) is 6.92 Å². The summed E-state index contributed by atoms with van der Waals surface area (Å²) in [7, 11) is 0. The fourth-order valence-electron chi connectivity index (χ4n) is 2.85. The maximum atomic E-state index is 12.6. The van der Waals surface area contributed by atoms with E-state index in [-0.39, 0.29) is 12.5 Å². The lowest BCUT2D eigenvalue weighted by molar-refractivity contribution is 0.0916. The fourth-order valence-corrected chi connectivity index (χ4v) is 3.39. The minimum atomic E-state index is -0.601. The van der Waals surface area contributed by atoms with Crippen molar-refractivity contribution >= 4 is 29.1 Å². The number of amides is 1. The van der Waals surface area contributed by atoms with E-state index in [9.17, 15) is 9.90 Å². The predicted molar refractivity (Wildman–Crippen MR) is 108 cm³/mol. The van der Waals surface area contributed by atoms with Crippen molar-refractivity contribution in [1.82, 2.24) is 10.3 Å². The lowest BCUT2D eigenvalue weighted by Crippen LogP contribution is -2.30. The van der Waals surface area contributed by atoms with E-state index in [1.54, 1.807) is 42.7 Å². The number of nitrogens with zero attached hydrogens (tertiary/aromatic N) is 1. The largest absolute Gasteiger partial charge is 0.394 e. The van der Waals surface area contributed by atoms with Crippen LogP contribution in [-0.4, -0.2) is 22.6 Å². The van der Waals surface area contributed by atoms with Crippen molar-refractivity contribution in [2.75, 3.05) is 6.61 Å². The summed E-state index contributed by atoms with van der Waals surface area (Å²) in [5, 5.41) is 13.4. The van der Waals surface area contributed by atoms with Crippen molar-refractivity contribution in [2.45, 2.75) is 13.0 Å². The van der Waals surface area contributed by atoms with Gasteiger partial charge in [0.25, 0.3) is 5.91 Å². The number of aliphatic hydroxyl groups is 1. The molecule has 1 heterocycles. The Morgan fingerprint density at radius 2 is 1.78 bits per heavy atom. The lowest BCUT2D eigenvalue weighted by atomic mass is 10.0. The van der Waals surface area contributed by atoms with Crippen molar-refractivity contribution in [3.63, 3.8) is 0 Å². The number of carbonyl (C=O) groups is 1. The average molecular weight is 401 g/mol. The van der Waals surface area contributed by atoms with E-state index in [0.29, 0.717) is 21.2 Å². The normalized spacial score (nSPS) is 11.9. The number of carbonyl (C=O) groups excluding carboxylic acids is 1. The number of rotatable bonds is 5. The van der Waals surface area contributed by atoms with Gasteiger partial charge in [-0.05, 0) is 65.6 Å². The van der Waals surface area contributed by atoms with Crippen LogP contribution in [0.1, 0.15) is 27.5 Å². The van der Waals surface area contributed by atoms with Crippen LogP contribution in [0.2, 0.25) is 10.0 Å². The van der Waals surface area contributed by atoms with Gasteiger partial charge in [-0.2, -0.15) is 0 Å². The molecule has 4 nitrogen and oxygen atoms in total. The first kappa shape index (κ1) is 19.4. The van der Waals surface area contributed by atoms with Gasteiger partial charge in [0, 0.05) is 28.0 Å². The van der Waals surface area contributed by atoms with Gasteiger partial charge in [-0.25, -0.2) is 0 Å². The van der Waals surface area contributed by atoms with Crippen LogP contribution in [0.5, 0.6) is 0 Å². The fraction of sp³-hybridized carbons (Fsp3) is 0.143. The predicted octanol–water partition coefficient (Wildman–Crippen LogP) is 4.83. The summed E-state index contributed by atoms with van der Waals surface area (Å²) < 4.78 is 0. The van der Waals surface area contributed by atoms with Crippen LogP contribution >= 0.6 is 23.2 Å². The molecule has 2 aromatic carbocycles. The van der Waals surface area contributed by atoms with Crippen molar-refractivity contribution in [3.8, 4) is 11.1 Å². The van der Waals surface area contributed by atoms with Gasteiger partial charge in [-0.15, -0.1) is 0 Å². The first-order chi connectivity index (χ1) is 13.0. The Morgan fingerprint density at radius 3 is 2.37 bits per heavy atom. The molecular weight excluding hydrogens is 383 g/mol. The summed E-state index contributed by atoms with van der Waals surface area (Å²) in [5.74, 6) is -0.289. The summed E-state index contributed by atoms with van der Waals surface area (Å²) >= 11 is 12.0. The summed E-state index contributed by atoms with van der Waals surface area (Å²) in [6.45, 7) is 1.72. The molecule has 0 radical (unpaired) electrons. The molecule has 0 saturated carbocycles. The Hall–Kier alpha value is -2.40. The molecule has 3 rings (SSSR count). The van der Waals surface area contributed by atoms with Gasteiger partial charge in [0.2, 0.25) is 0 Å². The smallest absolute Gasteiger partial charge is 0.251 e. The molecule has 0 saturated heterocycles. The van der Waals surface area contributed by atoms with Crippen LogP contribution in [0.25, 0.3) is 11.1 Å². The van der Waals surface area contributed by atoms with Crippen LogP contribution < -0.4 is 5.32 Å². The summed E-state index contributed by atoms with van der Waals surface area (Å²) in [4.78, 5) is 16.7. The molecule has 6 heteroatoms. The van der Waals surface area contributed by atoms with E-state index in [0.717, 1.165) is 16.7 Å². The van der Waals surface area contributed by atoms with Crippen molar-refractivity contribution < 1.29 is 9.90 Å². The number of aryl methyl sites for hydroxylation is 1. The zero-order valence-corrected chi connectivity index (χ0v) is 16.1. The monoisotopic (exact) mass is 400 g/mol. The van der Waals surface area contributed by atoms with E-state index in [1.165, 1.54) is 0 Å². The third-order valence-corrected chi connectivity index (χ3v) is 4.69. The van der Waals surface area contributed by atoms with Gasteiger partial charge in [0.1, 0.15) is 0 Å². The molecule has 1 atom stereocenters. The first-order valence-corrected chi connectivity index (χ1v) is 9.12. The van der Waals surface area contributed by atoms with Gasteiger partial charge >= 0.3 is 0 Å². The van der Waals surface area contributed by atoms with Crippen LogP contribution in [0.15, 0.2) is 60.9 Å². The van der Waals surface area contributed by atoms with E-state index in [1.807, 2.05) is 25.1 Å². The number of aromatic nitrogens is 1. The zero-order valence-electron chi connectivity index (χ0n) is 14.6. The number of halogens is 2. The maximum Gasteiger partial charge on any atom is 0.251 e. The molecule has 1 unspecified atom stereocenters. The molecular formula is C21H18Cl2N2O2. The molecule has 1 aromatic heterocycles. The van der Waals surface area contributed by atoms with Gasteiger partial charge in [0.15, 0.2) is 0 Å². The number of nitrogens with one attached hydrogen (secondary N) is 1.